The number of ketones is 1. The largest absolute Gasteiger partial charge is 0.488 e. The van der Waals surface area contributed by atoms with E-state index in [9.17, 15) is 4.79 Å². The Balaban J connectivity index is 1.52. The Morgan fingerprint density at radius 1 is 0.967 bits per heavy atom. The number of carbonyl (C=O) groups is 1. The van der Waals surface area contributed by atoms with Crippen molar-refractivity contribution in [3.8, 4) is 11.5 Å². The van der Waals surface area contributed by atoms with Crippen molar-refractivity contribution >= 4 is 11.9 Å². The summed E-state index contributed by atoms with van der Waals surface area (Å²) in [4.78, 5) is 12.7. The van der Waals surface area contributed by atoms with E-state index in [1.54, 1.807) is 12.1 Å². The van der Waals surface area contributed by atoms with Crippen LogP contribution in [0.1, 0.15) is 38.2 Å². The van der Waals surface area contributed by atoms with Gasteiger partial charge in [0.05, 0.1) is 5.56 Å². The number of hydrogen-bond acceptors (Lipinski definition) is 3. The molecule has 3 aromatic rings. The van der Waals surface area contributed by atoms with Crippen LogP contribution in [0, 0.1) is 20.8 Å². The Kier molecular flexibility index (Phi) is 5.53. The molecule has 0 aromatic heterocycles. The van der Waals surface area contributed by atoms with E-state index in [0.717, 1.165) is 22.4 Å². The number of fused-ring (bicyclic) bond motifs is 1. The summed E-state index contributed by atoms with van der Waals surface area (Å²) >= 11 is 0. The highest BCUT2D eigenvalue weighted by atomic mass is 16.5. The normalized spacial score (nSPS) is 14.2. The van der Waals surface area contributed by atoms with Gasteiger partial charge in [-0.1, -0.05) is 66.2 Å². The highest BCUT2D eigenvalue weighted by molar-refractivity contribution is 6.12. The molecular weight excluding hydrogens is 372 g/mol. The number of aryl methyl sites for hydroxylation is 2. The number of rotatable bonds is 5. The molecule has 4 rings (SSSR count). The van der Waals surface area contributed by atoms with Crippen LogP contribution in [0.15, 0.2) is 78.6 Å². The zero-order chi connectivity index (χ0) is 21.1. The summed E-state index contributed by atoms with van der Waals surface area (Å²) in [6.45, 7) is 6.55. The first-order valence-corrected chi connectivity index (χ1v) is 10.0. The molecule has 3 nitrogen and oxygen atoms in total. The monoisotopic (exact) mass is 396 g/mol. The van der Waals surface area contributed by atoms with Crippen LogP contribution in [0.25, 0.3) is 6.08 Å². The van der Waals surface area contributed by atoms with Gasteiger partial charge in [-0.2, -0.15) is 0 Å². The second kappa shape index (κ2) is 8.42. The summed E-state index contributed by atoms with van der Waals surface area (Å²) in [5.41, 5.74) is 6.03. The maximum absolute atomic E-state index is 12.7. The van der Waals surface area contributed by atoms with Gasteiger partial charge in [-0.3, -0.25) is 4.79 Å². The van der Waals surface area contributed by atoms with Gasteiger partial charge in [-0.05, 0) is 55.7 Å². The summed E-state index contributed by atoms with van der Waals surface area (Å²) < 4.78 is 12.0. The highest BCUT2D eigenvalue weighted by Crippen LogP contribution is 2.39. The van der Waals surface area contributed by atoms with Crippen LogP contribution in [0.3, 0.4) is 0 Å². The van der Waals surface area contributed by atoms with Crippen LogP contribution in [0.4, 0.5) is 0 Å². The molecule has 0 unspecified atom stereocenters. The van der Waals surface area contributed by atoms with Gasteiger partial charge in [0, 0.05) is 5.56 Å². The van der Waals surface area contributed by atoms with Crippen molar-refractivity contribution < 1.29 is 14.3 Å². The molecule has 1 heterocycles. The lowest BCUT2D eigenvalue weighted by molar-refractivity contribution is 0.101. The number of Topliss-reactive ketones (excluding diaryl/α,β-unsaturated/α-hetero) is 1. The quantitative estimate of drug-likeness (QED) is 0.471. The molecule has 0 saturated heterocycles. The Hall–Kier alpha value is -3.59. The molecule has 3 heteroatoms. The molecule has 0 bridgehead atoms. The fraction of sp³-hybridized carbons (Fsp3) is 0.148. The van der Waals surface area contributed by atoms with Gasteiger partial charge < -0.3 is 9.47 Å². The molecule has 1 aliphatic heterocycles. The van der Waals surface area contributed by atoms with Crippen molar-refractivity contribution in [3.63, 3.8) is 0 Å². The molecule has 150 valence electrons. The van der Waals surface area contributed by atoms with Crippen LogP contribution in [0.5, 0.6) is 11.5 Å². The molecule has 0 N–H and O–H groups in total. The smallest absolute Gasteiger partial charge is 0.231 e. The lowest BCUT2D eigenvalue weighted by atomic mass is 10.1. The van der Waals surface area contributed by atoms with Crippen molar-refractivity contribution in [2.24, 2.45) is 0 Å². The highest BCUT2D eigenvalue weighted by Gasteiger charge is 2.29. The van der Waals surface area contributed by atoms with Crippen molar-refractivity contribution in [2.75, 3.05) is 0 Å². The molecule has 0 saturated carbocycles. The van der Waals surface area contributed by atoms with Crippen LogP contribution >= 0.6 is 0 Å². The maximum Gasteiger partial charge on any atom is 0.231 e. The van der Waals surface area contributed by atoms with Gasteiger partial charge in [-0.15, -0.1) is 0 Å². The molecule has 0 radical (unpaired) electrons. The molecule has 0 spiro atoms. The van der Waals surface area contributed by atoms with Crippen molar-refractivity contribution in [2.45, 2.75) is 27.4 Å². The Morgan fingerprint density at radius 2 is 1.77 bits per heavy atom. The second-order valence-corrected chi connectivity index (χ2v) is 7.52. The topological polar surface area (TPSA) is 35.5 Å². The minimum Gasteiger partial charge on any atom is -0.488 e. The first-order chi connectivity index (χ1) is 14.5. The third kappa shape index (κ3) is 4.06. The van der Waals surface area contributed by atoms with E-state index >= 15 is 0 Å². The van der Waals surface area contributed by atoms with Gasteiger partial charge >= 0.3 is 0 Å². The summed E-state index contributed by atoms with van der Waals surface area (Å²) in [7, 11) is 0. The number of hydrogen-bond donors (Lipinski definition) is 0. The zero-order valence-electron chi connectivity index (χ0n) is 17.4. The van der Waals surface area contributed by atoms with Gasteiger partial charge in [0.1, 0.15) is 18.1 Å². The second-order valence-electron chi connectivity index (χ2n) is 7.52. The molecule has 0 fully saturated rings. The van der Waals surface area contributed by atoms with Crippen LogP contribution in [-0.4, -0.2) is 5.78 Å². The van der Waals surface area contributed by atoms with Gasteiger partial charge in [0.15, 0.2) is 5.76 Å². The summed E-state index contributed by atoms with van der Waals surface area (Å²) in [6, 6.07) is 19.9. The van der Waals surface area contributed by atoms with Crippen molar-refractivity contribution in [1.82, 2.24) is 0 Å². The SMILES string of the molecule is Cc1ccc(C)c(COc2ccc3c(c2C)O/C(=C\C=C\c2ccccc2)C3=O)c1. The Bertz CT molecular complexity index is 1150. The predicted octanol–water partition coefficient (Wildman–Crippen LogP) is 6.36. The minimum absolute atomic E-state index is 0.105. The average molecular weight is 396 g/mol. The minimum atomic E-state index is -0.105. The average Bonchev–Trinajstić information content (AvgIpc) is 3.07. The fourth-order valence-corrected chi connectivity index (χ4v) is 3.46. The van der Waals surface area contributed by atoms with E-state index in [2.05, 4.69) is 32.0 Å². The fourth-order valence-electron chi connectivity index (χ4n) is 3.46. The van der Waals surface area contributed by atoms with Crippen LogP contribution in [-0.2, 0) is 6.61 Å². The van der Waals surface area contributed by atoms with Crippen LogP contribution < -0.4 is 9.47 Å². The van der Waals surface area contributed by atoms with E-state index in [4.69, 9.17) is 9.47 Å². The van der Waals surface area contributed by atoms with E-state index in [1.165, 1.54) is 11.1 Å². The maximum atomic E-state index is 12.7. The lowest BCUT2D eigenvalue weighted by Crippen LogP contribution is -2.00. The molecule has 0 amide bonds. The molecule has 1 aliphatic rings. The number of allylic oxidation sites excluding steroid dienone is 3. The third-order valence-electron chi connectivity index (χ3n) is 5.26. The molecule has 30 heavy (non-hydrogen) atoms. The van der Waals surface area contributed by atoms with Gasteiger partial charge in [-0.25, -0.2) is 0 Å². The molecule has 0 atom stereocenters. The lowest BCUT2D eigenvalue weighted by Gasteiger charge is -2.13. The van der Waals surface area contributed by atoms with Gasteiger partial charge in [0.2, 0.25) is 5.78 Å². The molecule has 3 aromatic carbocycles. The molecule has 0 aliphatic carbocycles. The van der Waals surface area contributed by atoms with Crippen LogP contribution in [0.2, 0.25) is 0 Å². The standard InChI is InChI=1S/C27H24O3/c1-18-12-13-19(2)22(16-18)17-29-24-15-14-23-26(28)25(30-27(23)20(24)3)11-7-10-21-8-5-4-6-9-21/h4-16H,17H2,1-3H3/b10-7+,25-11-. The number of benzene rings is 3. The van der Waals surface area contributed by atoms with Crippen molar-refractivity contribution in [1.29, 1.82) is 0 Å². The Morgan fingerprint density at radius 3 is 2.57 bits per heavy atom. The number of carbonyl (C=O) groups excluding carboxylic acids is 1. The summed E-state index contributed by atoms with van der Waals surface area (Å²) in [5.74, 6) is 1.53. The van der Waals surface area contributed by atoms with Crippen molar-refractivity contribution in [3.05, 3.63) is 112 Å². The van der Waals surface area contributed by atoms with E-state index in [1.807, 2.05) is 55.5 Å². The van der Waals surface area contributed by atoms with E-state index in [0.29, 0.717) is 23.7 Å². The Labute approximate surface area is 177 Å². The van der Waals surface area contributed by atoms with E-state index < -0.39 is 0 Å². The first-order valence-electron chi connectivity index (χ1n) is 10.0. The first kappa shape index (κ1) is 19.7. The predicted molar refractivity (Wildman–Crippen MR) is 120 cm³/mol. The zero-order valence-corrected chi connectivity index (χ0v) is 17.4. The van der Waals surface area contributed by atoms with E-state index in [-0.39, 0.29) is 5.78 Å². The third-order valence-corrected chi connectivity index (χ3v) is 5.26. The summed E-state index contributed by atoms with van der Waals surface area (Å²) in [5, 5.41) is 0. The number of ether oxygens (including phenoxy) is 2. The van der Waals surface area contributed by atoms with Gasteiger partial charge in [0.25, 0.3) is 0 Å². The summed E-state index contributed by atoms with van der Waals surface area (Å²) in [6.07, 6.45) is 5.49. The molecular formula is C27H24O3.